The summed E-state index contributed by atoms with van der Waals surface area (Å²) in [5.74, 6) is 0.570. The molecule has 0 aliphatic heterocycles. The van der Waals surface area contributed by atoms with Crippen LogP contribution in [0.25, 0.3) is 0 Å². The van der Waals surface area contributed by atoms with Gasteiger partial charge >= 0.3 is 0 Å². The van der Waals surface area contributed by atoms with Crippen LogP contribution in [0.15, 0.2) is 35.5 Å². The fourth-order valence-corrected chi connectivity index (χ4v) is 6.71. The van der Waals surface area contributed by atoms with Gasteiger partial charge in [-0.25, -0.2) is 0 Å². The second kappa shape index (κ2) is 9.54. The zero-order valence-electron chi connectivity index (χ0n) is 20.2. The summed E-state index contributed by atoms with van der Waals surface area (Å²) in [6, 6.07) is 0. The van der Waals surface area contributed by atoms with Gasteiger partial charge in [-0.05, 0) is 93.1 Å². The number of allylic oxidation sites excluding steroid dienone is 3. The van der Waals surface area contributed by atoms with Crippen molar-refractivity contribution in [2.45, 2.75) is 103 Å². The topological polar surface area (TPSA) is 98.0 Å². The number of carbonyl (C=O) groups is 1. The minimum Gasteiger partial charge on any atom is -0.393 e. The molecule has 0 aromatic carbocycles. The molecule has 5 nitrogen and oxygen atoms in total. The number of carbonyl (C=O) groups excluding carboxylic acids is 1. The molecule has 3 rings (SSSR count). The van der Waals surface area contributed by atoms with Crippen LogP contribution in [-0.4, -0.2) is 50.1 Å². The van der Waals surface area contributed by atoms with Crippen LogP contribution in [0.5, 0.6) is 0 Å². The molecule has 0 amide bonds. The van der Waals surface area contributed by atoms with E-state index in [0.29, 0.717) is 36.7 Å². The molecule has 4 N–H and O–H groups in total. The van der Waals surface area contributed by atoms with Gasteiger partial charge in [0.15, 0.2) is 5.78 Å². The molecule has 3 fully saturated rings. The largest absolute Gasteiger partial charge is 0.393 e. The molecule has 0 unspecified atom stereocenters. The molecule has 3 saturated carbocycles. The number of ketones is 1. The van der Waals surface area contributed by atoms with Crippen molar-refractivity contribution in [1.82, 2.24) is 0 Å². The first-order chi connectivity index (χ1) is 14.8. The van der Waals surface area contributed by atoms with E-state index in [1.165, 1.54) is 19.4 Å². The minimum atomic E-state index is -1.51. The first kappa shape index (κ1) is 25.4. The van der Waals surface area contributed by atoms with Gasteiger partial charge in [-0.15, -0.1) is 0 Å². The Morgan fingerprint density at radius 2 is 1.97 bits per heavy atom. The molecule has 0 radical (unpaired) electrons. The van der Waals surface area contributed by atoms with Crippen LogP contribution in [0.4, 0.5) is 0 Å². The fraction of sp³-hybridized carbons (Fsp3) is 0.741. The van der Waals surface area contributed by atoms with Gasteiger partial charge < -0.3 is 20.4 Å². The van der Waals surface area contributed by atoms with E-state index in [1.54, 1.807) is 0 Å². The summed E-state index contributed by atoms with van der Waals surface area (Å²) in [6.07, 6.45) is 8.69. The van der Waals surface area contributed by atoms with E-state index in [2.05, 4.69) is 32.6 Å². The molecule has 3 aliphatic rings. The smallest absolute Gasteiger partial charge is 0.192 e. The predicted octanol–water partition coefficient (Wildman–Crippen LogP) is 3.85. The summed E-state index contributed by atoms with van der Waals surface area (Å²) in [7, 11) is 0. The van der Waals surface area contributed by atoms with Crippen molar-refractivity contribution in [2.24, 2.45) is 23.2 Å². The van der Waals surface area contributed by atoms with Gasteiger partial charge in [-0.1, -0.05) is 38.2 Å². The van der Waals surface area contributed by atoms with Crippen molar-refractivity contribution in [2.75, 3.05) is 0 Å². The van der Waals surface area contributed by atoms with Crippen LogP contribution in [0.3, 0.4) is 0 Å². The minimum absolute atomic E-state index is 0.127. The lowest BCUT2D eigenvalue weighted by Gasteiger charge is -2.44. The summed E-state index contributed by atoms with van der Waals surface area (Å²) in [5, 5.41) is 40.6. The van der Waals surface area contributed by atoms with Crippen molar-refractivity contribution < 1.29 is 25.2 Å². The van der Waals surface area contributed by atoms with Crippen LogP contribution >= 0.6 is 0 Å². The first-order valence-electron chi connectivity index (χ1n) is 12.2. The van der Waals surface area contributed by atoms with Gasteiger partial charge in [0.1, 0.15) is 11.7 Å². The third kappa shape index (κ3) is 5.11. The lowest BCUT2D eigenvalue weighted by Crippen LogP contribution is -2.42. The third-order valence-corrected chi connectivity index (χ3v) is 8.49. The fourth-order valence-electron chi connectivity index (χ4n) is 6.71. The monoisotopic (exact) mass is 446 g/mol. The van der Waals surface area contributed by atoms with E-state index in [1.807, 2.05) is 0 Å². The van der Waals surface area contributed by atoms with Crippen LogP contribution in [0.2, 0.25) is 0 Å². The van der Waals surface area contributed by atoms with E-state index in [0.717, 1.165) is 37.7 Å². The van der Waals surface area contributed by atoms with Gasteiger partial charge in [0.05, 0.1) is 12.2 Å². The highest BCUT2D eigenvalue weighted by Gasteiger charge is 2.51. The molecule has 0 heterocycles. The van der Waals surface area contributed by atoms with E-state index in [-0.39, 0.29) is 11.3 Å². The maximum Gasteiger partial charge on any atom is 0.192 e. The summed E-state index contributed by atoms with van der Waals surface area (Å²) in [4.78, 5) is 12.3. The Balaban J connectivity index is 1.75. The van der Waals surface area contributed by atoms with Crippen LogP contribution in [-0.2, 0) is 4.79 Å². The Morgan fingerprint density at radius 1 is 1.28 bits per heavy atom. The highest BCUT2D eigenvalue weighted by Crippen LogP contribution is 2.59. The van der Waals surface area contributed by atoms with Crippen LogP contribution in [0.1, 0.15) is 79.1 Å². The molecule has 3 aliphatic carbocycles. The van der Waals surface area contributed by atoms with Gasteiger partial charge in [0.2, 0.25) is 0 Å². The lowest BCUT2D eigenvalue weighted by atomic mass is 9.60. The van der Waals surface area contributed by atoms with Gasteiger partial charge in [-0.2, -0.15) is 0 Å². The molecule has 0 bridgehead atoms. The van der Waals surface area contributed by atoms with E-state index in [9.17, 15) is 25.2 Å². The van der Waals surface area contributed by atoms with Crippen molar-refractivity contribution in [3.05, 3.63) is 35.5 Å². The van der Waals surface area contributed by atoms with Crippen LogP contribution in [0, 0.1) is 23.2 Å². The lowest BCUT2D eigenvalue weighted by molar-refractivity contribution is -0.144. The standard InChI is InChI=1S/C27H42O5/c1-16(13-24(30)25(31)26(3,4)32)21-10-11-22-18(7-6-12-27(21,22)5)8-9-19-14-20(28)15-23(29)17(19)2/h8-9,16,20-24,28-30,32H,2,6-7,10-15H2,1,3-5H3/b18-8+,19-9+/t16-,20-,21-,22+,23+,24+,27-/m1/s1. The second-order valence-electron chi connectivity index (χ2n) is 11.3. The molecular formula is C27H42O5. The van der Waals surface area contributed by atoms with Crippen molar-refractivity contribution >= 4 is 5.78 Å². The van der Waals surface area contributed by atoms with Crippen molar-refractivity contribution in [3.63, 3.8) is 0 Å². The molecule has 0 spiro atoms. The quantitative estimate of drug-likeness (QED) is 0.497. The zero-order chi connectivity index (χ0) is 23.8. The Bertz CT molecular complexity index is 788. The Hall–Kier alpha value is -1.27. The number of hydrogen-bond donors (Lipinski definition) is 4. The number of aliphatic hydroxyl groups excluding tert-OH is 3. The first-order valence-corrected chi connectivity index (χ1v) is 12.2. The SMILES string of the molecule is C=C1/C(=C/C=C2\CCC[C@]3(C)[C@@H]([C@H](C)C[C@H](O)C(=O)C(C)(C)O)CC[C@@H]23)C[C@@H](O)C[C@@H]1O. The highest BCUT2D eigenvalue weighted by atomic mass is 16.3. The second-order valence-corrected chi connectivity index (χ2v) is 11.3. The predicted molar refractivity (Wildman–Crippen MR) is 126 cm³/mol. The van der Waals surface area contributed by atoms with Gasteiger partial charge in [0, 0.05) is 6.42 Å². The molecule has 0 aromatic heterocycles. The zero-order valence-corrected chi connectivity index (χ0v) is 20.2. The van der Waals surface area contributed by atoms with E-state index < -0.39 is 29.7 Å². The number of fused-ring (bicyclic) bond motifs is 1. The molecule has 0 aromatic rings. The number of rotatable bonds is 6. The van der Waals surface area contributed by atoms with Gasteiger partial charge in [-0.3, -0.25) is 4.79 Å². The Kier molecular flexibility index (Phi) is 7.56. The molecule has 5 heteroatoms. The Morgan fingerprint density at radius 3 is 2.62 bits per heavy atom. The van der Waals surface area contributed by atoms with Crippen molar-refractivity contribution in [1.29, 1.82) is 0 Å². The van der Waals surface area contributed by atoms with Gasteiger partial charge in [0.25, 0.3) is 0 Å². The maximum absolute atomic E-state index is 12.3. The summed E-state index contributed by atoms with van der Waals surface area (Å²) in [5.41, 5.74) is 1.69. The number of Topliss-reactive ketones (excluding diaryl/α,β-unsaturated/α-hetero) is 1. The highest BCUT2D eigenvalue weighted by molar-refractivity contribution is 5.89. The summed E-state index contributed by atoms with van der Waals surface area (Å²) < 4.78 is 0. The maximum atomic E-state index is 12.3. The average Bonchev–Trinajstić information content (AvgIpc) is 3.05. The number of aliphatic hydroxyl groups is 4. The molecular weight excluding hydrogens is 404 g/mol. The van der Waals surface area contributed by atoms with E-state index >= 15 is 0 Å². The third-order valence-electron chi connectivity index (χ3n) is 8.49. The summed E-state index contributed by atoms with van der Waals surface area (Å²) >= 11 is 0. The van der Waals surface area contributed by atoms with E-state index in [4.69, 9.17) is 0 Å². The molecule has 180 valence electrons. The van der Waals surface area contributed by atoms with Crippen molar-refractivity contribution in [3.8, 4) is 0 Å². The van der Waals surface area contributed by atoms with Crippen LogP contribution < -0.4 is 0 Å². The molecule has 32 heavy (non-hydrogen) atoms. The normalized spacial score (nSPS) is 38.1. The molecule has 7 atom stereocenters. The Labute approximate surface area is 192 Å². The number of hydrogen-bond acceptors (Lipinski definition) is 5. The molecule has 0 saturated heterocycles. The summed E-state index contributed by atoms with van der Waals surface area (Å²) in [6.45, 7) is 11.4. The average molecular weight is 447 g/mol.